The number of ether oxygens (including phenoxy) is 3. The molecule has 0 heterocycles. The number of nitrogens with zero attached hydrogens (tertiary/aromatic N) is 2. The molecule has 1 amide bonds. The monoisotopic (exact) mass is 451 g/mol. The number of rotatable bonds is 9. The third kappa shape index (κ3) is 5.40. The van der Waals surface area contributed by atoms with E-state index in [-0.39, 0.29) is 28.3 Å². The van der Waals surface area contributed by atoms with Crippen molar-refractivity contribution in [3.63, 3.8) is 0 Å². The topological polar surface area (TPSA) is 63.3 Å². The van der Waals surface area contributed by atoms with Gasteiger partial charge in [0.25, 0.3) is 11.8 Å². The first-order valence-electron chi connectivity index (χ1n) is 9.93. The highest BCUT2D eigenvalue weighted by atomic mass is 19.3. The van der Waals surface area contributed by atoms with Crippen LogP contribution in [-0.2, 0) is 5.92 Å². The Kier molecular flexibility index (Phi) is 7.90. The van der Waals surface area contributed by atoms with Crippen LogP contribution >= 0.6 is 0 Å². The molecule has 0 aromatic heterocycles. The maximum absolute atomic E-state index is 14.0. The molecule has 0 spiro atoms. The van der Waals surface area contributed by atoms with Gasteiger partial charge in [-0.3, -0.25) is 9.69 Å². The number of benzene rings is 2. The SMILES string of the molecule is COc1c(C)cc(C(=O)Nc2cc(C(C)(F)F)ccc2N(C)CN(C)C)c(OC)c1OC. The fourth-order valence-corrected chi connectivity index (χ4v) is 3.49. The van der Waals surface area contributed by atoms with Gasteiger partial charge >= 0.3 is 0 Å². The van der Waals surface area contributed by atoms with E-state index < -0.39 is 11.8 Å². The van der Waals surface area contributed by atoms with Crippen LogP contribution in [0.1, 0.15) is 28.4 Å². The lowest BCUT2D eigenvalue weighted by Crippen LogP contribution is -2.31. The van der Waals surface area contributed by atoms with Crippen LogP contribution in [-0.4, -0.2) is 59.9 Å². The second-order valence-corrected chi connectivity index (χ2v) is 7.83. The van der Waals surface area contributed by atoms with Crippen LogP contribution in [0, 0.1) is 6.92 Å². The van der Waals surface area contributed by atoms with E-state index in [1.54, 1.807) is 19.1 Å². The molecule has 1 N–H and O–H groups in total. The molecule has 2 aromatic carbocycles. The van der Waals surface area contributed by atoms with Gasteiger partial charge in [-0.25, -0.2) is 8.78 Å². The van der Waals surface area contributed by atoms with E-state index in [1.165, 1.54) is 33.5 Å². The summed E-state index contributed by atoms with van der Waals surface area (Å²) in [5, 5.41) is 2.78. The molecule has 0 radical (unpaired) electrons. The fraction of sp³-hybridized carbons (Fsp3) is 0.435. The van der Waals surface area contributed by atoms with Gasteiger partial charge in [0.15, 0.2) is 11.5 Å². The Labute approximate surface area is 187 Å². The standard InChI is InChI=1S/C23H31F2N3O4/c1-14-11-16(20(31-7)21(32-8)19(14)30-6)22(29)26-17-12-15(23(2,24)25)9-10-18(17)28(5)13-27(3)4/h9-12H,13H2,1-8H3,(H,26,29). The summed E-state index contributed by atoms with van der Waals surface area (Å²) in [5.41, 5.74) is 1.50. The summed E-state index contributed by atoms with van der Waals surface area (Å²) in [6, 6.07) is 5.83. The largest absolute Gasteiger partial charge is 0.492 e. The molecule has 9 heteroatoms. The van der Waals surface area contributed by atoms with Gasteiger partial charge in [0, 0.05) is 19.5 Å². The lowest BCUT2D eigenvalue weighted by molar-refractivity contribution is 0.0175. The predicted molar refractivity (Wildman–Crippen MR) is 122 cm³/mol. The molecule has 0 aliphatic rings. The van der Waals surface area contributed by atoms with E-state index in [2.05, 4.69) is 5.32 Å². The van der Waals surface area contributed by atoms with Gasteiger partial charge in [-0.15, -0.1) is 0 Å². The number of hydrogen-bond acceptors (Lipinski definition) is 6. The summed E-state index contributed by atoms with van der Waals surface area (Å²) >= 11 is 0. The first-order chi connectivity index (χ1) is 14.9. The Balaban J connectivity index is 2.58. The van der Waals surface area contributed by atoms with E-state index in [1.807, 2.05) is 30.9 Å². The van der Waals surface area contributed by atoms with Gasteiger partial charge in [0.1, 0.15) is 0 Å². The summed E-state index contributed by atoms with van der Waals surface area (Å²) in [6.45, 7) is 3.10. The Bertz CT molecular complexity index is 975. The predicted octanol–water partition coefficient (Wildman–Crippen LogP) is 4.34. The molecule has 176 valence electrons. The number of halogens is 2. The van der Waals surface area contributed by atoms with Crippen molar-refractivity contribution < 1.29 is 27.8 Å². The summed E-state index contributed by atoms with van der Waals surface area (Å²) in [7, 11) is 9.95. The molecule has 0 aliphatic carbocycles. The first-order valence-corrected chi connectivity index (χ1v) is 9.93. The number of carbonyl (C=O) groups is 1. The average molecular weight is 452 g/mol. The molecular formula is C23H31F2N3O4. The average Bonchev–Trinajstić information content (AvgIpc) is 2.71. The van der Waals surface area contributed by atoms with Crippen LogP contribution in [0.4, 0.5) is 20.2 Å². The van der Waals surface area contributed by atoms with E-state index in [0.29, 0.717) is 23.7 Å². The quantitative estimate of drug-likeness (QED) is 0.573. The molecule has 7 nitrogen and oxygen atoms in total. The minimum atomic E-state index is -3.06. The van der Waals surface area contributed by atoms with Crippen molar-refractivity contribution in [3.8, 4) is 17.2 Å². The Hall–Kier alpha value is -3.07. The number of aryl methyl sites for hydroxylation is 1. The zero-order valence-corrected chi connectivity index (χ0v) is 19.8. The molecule has 0 bridgehead atoms. The minimum Gasteiger partial charge on any atom is -0.492 e. The highest BCUT2D eigenvalue weighted by molar-refractivity contribution is 6.08. The van der Waals surface area contributed by atoms with E-state index >= 15 is 0 Å². The Morgan fingerprint density at radius 3 is 2.09 bits per heavy atom. The molecular weight excluding hydrogens is 420 g/mol. The summed E-state index contributed by atoms with van der Waals surface area (Å²) in [6.07, 6.45) is 0. The highest BCUT2D eigenvalue weighted by Gasteiger charge is 2.27. The third-order valence-corrected chi connectivity index (χ3v) is 4.89. The van der Waals surface area contributed by atoms with Crippen LogP contribution in [0.5, 0.6) is 17.2 Å². The van der Waals surface area contributed by atoms with Crippen molar-refractivity contribution in [2.75, 3.05) is 59.4 Å². The van der Waals surface area contributed by atoms with Crippen LogP contribution in [0.2, 0.25) is 0 Å². The number of amides is 1. The summed E-state index contributed by atoms with van der Waals surface area (Å²) < 4.78 is 44.2. The van der Waals surface area contributed by atoms with Crippen LogP contribution < -0.4 is 24.4 Å². The number of alkyl halides is 2. The maximum Gasteiger partial charge on any atom is 0.270 e. The van der Waals surface area contributed by atoms with Gasteiger partial charge in [-0.1, -0.05) is 6.07 Å². The number of methoxy groups -OCH3 is 3. The molecule has 0 saturated heterocycles. The molecule has 0 atom stereocenters. The zero-order chi connectivity index (χ0) is 24.2. The van der Waals surface area contributed by atoms with Crippen LogP contribution in [0.3, 0.4) is 0 Å². The van der Waals surface area contributed by atoms with E-state index in [0.717, 1.165) is 6.92 Å². The molecule has 0 fully saturated rings. The van der Waals surface area contributed by atoms with Crippen molar-refractivity contribution in [3.05, 3.63) is 41.0 Å². The third-order valence-electron chi connectivity index (χ3n) is 4.89. The zero-order valence-electron chi connectivity index (χ0n) is 19.8. The summed E-state index contributed by atoms with van der Waals surface area (Å²) in [5.74, 6) is -2.68. The van der Waals surface area contributed by atoms with Crippen molar-refractivity contribution in [1.82, 2.24) is 4.90 Å². The smallest absolute Gasteiger partial charge is 0.270 e. The van der Waals surface area contributed by atoms with Crippen LogP contribution in [0.15, 0.2) is 24.3 Å². The molecule has 2 rings (SSSR count). The Morgan fingerprint density at radius 2 is 1.59 bits per heavy atom. The molecule has 2 aromatic rings. The van der Waals surface area contributed by atoms with Crippen molar-refractivity contribution in [2.24, 2.45) is 0 Å². The van der Waals surface area contributed by atoms with Gasteiger partial charge in [0.05, 0.1) is 44.9 Å². The van der Waals surface area contributed by atoms with Gasteiger partial charge in [0.2, 0.25) is 5.75 Å². The van der Waals surface area contributed by atoms with Crippen molar-refractivity contribution >= 4 is 17.3 Å². The number of hydrogen-bond donors (Lipinski definition) is 1. The lowest BCUT2D eigenvalue weighted by Gasteiger charge is -2.27. The second kappa shape index (κ2) is 10.0. The normalized spacial score (nSPS) is 11.3. The lowest BCUT2D eigenvalue weighted by atomic mass is 10.1. The molecule has 0 unspecified atom stereocenters. The van der Waals surface area contributed by atoms with Gasteiger partial charge < -0.3 is 24.4 Å². The van der Waals surface area contributed by atoms with E-state index in [4.69, 9.17) is 14.2 Å². The van der Waals surface area contributed by atoms with Crippen LogP contribution in [0.25, 0.3) is 0 Å². The van der Waals surface area contributed by atoms with Gasteiger partial charge in [-0.2, -0.15) is 0 Å². The number of carbonyl (C=O) groups excluding carboxylic acids is 1. The first kappa shape index (κ1) is 25.2. The maximum atomic E-state index is 14.0. The minimum absolute atomic E-state index is 0.188. The molecule has 0 saturated carbocycles. The Morgan fingerprint density at radius 1 is 1.00 bits per heavy atom. The van der Waals surface area contributed by atoms with E-state index in [9.17, 15) is 13.6 Å². The second-order valence-electron chi connectivity index (χ2n) is 7.83. The number of anilines is 2. The fourth-order valence-electron chi connectivity index (χ4n) is 3.49. The molecule has 32 heavy (non-hydrogen) atoms. The molecule has 0 aliphatic heterocycles. The van der Waals surface area contributed by atoms with Crippen molar-refractivity contribution in [1.29, 1.82) is 0 Å². The van der Waals surface area contributed by atoms with Crippen molar-refractivity contribution in [2.45, 2.75) is 19.8 Å². The summed E-state index contributed by atoms with van der Waals surface area (Å²) in [4.78, 5) is 17.0. The number of nitrogens with one attached hydrogen (secondary N) is 1. The van der Waals surface area contributed by atoms with Gasteiger partial charge in [-0.05, 0) is 44.8 Å². The highest BCUT2D eigenvalue weighted by Crippen LogP contribution is 2.43.